The van der Waals surface area contributed by atoms with Crippen molar-refractivity contribution in [1.29, 1.82) is 0 Å². The van der Waals surface area contributed by atoms with E-state index in [0.717, 1.165) is 19.3 Å². The maximum Gasteiger partial charge on any atom is 0.0639 e. The second-order valence-electron chi connectivity index (χ2n) is 7.22. The minimum Gasteiger partial charge on any atom is -0.393 e. The van der Waals surface area contributed by atoms with E-state index in [9.17, 15) is 5.11 Å². The lowest BCUT2D eigenvalue weighted by atomic mass is 9.58. The Morgan fingerprint density at radius 1 is 1.12 bits per heavy atom. The third-order valence-corrected chi connectivity index (χ3v) is 4.74. The molecule has 0 bridgehead atoms. The van der Waals surface area contributed by atoms with E-state index in [2.05, 4.69) is 27.7 Å². The molecule has 0 aliphatic heterocycles. The molecule has 0 amide bonds. The molecule has 0 aromatic heterocycles. The summed E-state index contributed by atoms with van der Waals surface area (Å²) >= 11 is 0. The predicted octanol–water partition coefficient (Wildman–Crippen LogP) is 3.52. The van der Waals surface area contributed by atoms with Crippen LogP contribution >= 0.6 is 0 Å². The third-order valence-electron chi connectivity index (χ3n) is 4.74. The maximum atomic E-state index is 10.2. The molecule has 0 spiro atoms. The van der Waals surface area contributed by atoms with Gasteiger partial charge in [-0.3, -0.25) is 0 Å². The lowest BCUT2D eigenvalue weighted by molar-refractivity contribution is -0.178. The van der Waals surface area contributed by atoms with E-state index < -0.39 is 0 Å². The van der Waals surface area contributed by atoms with Gasteiger partial charge in [0, 0.05) is 0 Å². The molecule has 2 unspecified atom stereocenters. The van der Waals surface area contributed by atoms with E-state index in [1.165, 1.54) is 19.3 Å². The summed E-state index contributed by atoms with van der Waals surface area (Å²) in [6.07, 6.45) is 7.14. The fourth-order valence-corrected chi connectivity index (χ4v) is 3.91. The molecule has 2 fully saturated rings. The summed E-state index contributed by atoms with van der Waals surface area (Å²) in [6.45, 7) is 8.76. The van der Waals surface area contributed by atoms with Gasteiger partial charge in [-0.1, -0.05) is 19.8 Å². The summed E-state index contributed by atoms with van der Waals surface area (Å²) in [5.74, 6) is 0.456. The van der Waals surface area contributed by atoms with Gasteiger partial charge in [-0.15, -0.1) is 0 Å². The molecule has 2 heteroatoms. The highest BCUT2D eigenvalue weighted by Crippen LogP contribution is 2.52. The Morgan fingerprint density at radius 3 is 2.47 bits per heavy atom. The first-order valence-corrected chi connectivity index (χ1v) is 7.19. The van der Waals surface area contributed by atoms with Crippen molar-refractivity contribution < 1.29 is 9.84 Å². The van der Waals surface area contributed by atoms with E-state index in [-0.39, 0.29) is 17.1 Å². The molecule has 2 aliphatic rings. The lowest BCUT2D eigenvalue weighted by Gasteiger charge is -2.53. The highest BCUT2D eigenvalue weighted by atomic mass is 16.5. The Kier molecular flexibility index (Phi) is 3.57. The summed E-state index contributed by atoms with van der Waals surface area (Å²) in [5, 5.41) is 10.2. The van der Waals surface area contributed by atoms with Crippen LogP contribution in [0.3, 0.4) is 0 Å². The van der Waals surface area contributed by atoms with E-state index in [1.54, 1.807) is 0 Å². The number of fused-ring (bicyclic) bond motifs is 1. The van der Waals surface area contributed by atoms with Gasteiger partial charge >= 0.3 is 0 Å². The predicted molar refractivity (Wildman–Crippen MR) is 69.9 cm³/mol. The molecule has 1 N–H and O–H groups in total. The minimum absolute atomic E-state index is 0.0715. The zero-order valence-electron chi connectivity index (χ0n) is 11.8. The van der Waals surface area contributed by atoms with Crippen molar-refractivity contribution in [2.45, 2.75) is 84.0 Å². The maximum absolute atomic E-state index is 10.2. The number of hydrogen-bond acceptors (Lipinski definition) is 2. The Labute approximate surface area is 106 Å². The number of hydrogen-bond donors (Lipinski definition) is 1. The van der Waals surface area contributed by atoms with Crippen molar-refractivity contribution in [2.75, 3.05) is 0 Å². The second kappa shape index (κ2) is 4.55. The zero-order chi connectivity index (χ0) is 12.7. The molecule has 17 heavy (non-hydrogen) atoms. The first-order chi connectivity index (χ1) is 7.83. The normalized spacial score (nSPS) is 43.2. The van der Waals surface area contributed by atoms with Gasteiger partial charge in [0.15, 0.2) is 0 Å². The monoisotopic (exact) mass is 240 g/mol. The third kappa shape index (κ3) is 2.68. The number of rotatable bonds is 1. The van der Waals surface area contributed by atoms with Crippen molar-refractivity contribution in [1.82, 2.24) is 0 Å². The molecular weight excluding hydrogens is 212 g/mol. The first kappa shape index (κ1) is 13.4. The zero-order valence-corrected chi connectivity index (χ0v) is 11.8. The molecule has 0 saturated heterocycles. The Morgan fingerprint density at radius 2 is 1.82 bits per heavy atom. The highest BCUT2D eigenvalue weighted by molar-refractivity contribution is 4.99. The van der Waals surface area contributed by atoms with Gasteiger partial charge < -0.3 is 9.84 Å². The van der Waals surface area contributed by atoms with Crippen LogP contribution in [0.2, 0.25) is 0 Å². The second-order valence-corrected chi connectivity index (χ2v) is 7.22. The lowest BCUT2D eigenvalue weighted by Crippen LogP contribution is -2.52. The van der Waals surface area contributed by atoms with Crippen LogP contribution in [0.25, 0.3) is 0 Å². The van der Waals surface area contributed by atoms with Crippen LogP contribution in [0.4, 0.5) is 0 Å². The summed E-state index contributed by atoms with van der Waals surface area (Å²) in [5.41, 5.74) is 0.126. The van der Waals surface area contributed by atoms with Gasteiger partial charge in [0.1, 0.15) is 0 Å². The van der Waals surface area contributed by atoms with Gasteiger partial charge in [0.2, 0.25) is 0 Å². The molecular formula is C15H28O2. The Balaban J connectivity index is 2.16. The minimum atomic E-state index is -0.0971. The first-order valence-electron chi connectivity index (χ1n) is 7.19. The average Bonchev–Trinajstić information content (AvgIpc) is 2.18. The molecule has 100 valence electrons. The Hall–Kier alpha value is -0.0800. The van der Waals surface area contributed by atoms with Gasteiger partial charge in [-0.25, -0.2) is 0 Å². The van der Waals surface area contributed by atoms with Gasteiger partial charge in [-0.05, 0) is 57.8 Å². The van der Waals surface area contributed by atoms with Crippen LogP contribution in [-0.4, -0.2) is 22.9 Å². The highest BCUT2D eigenvalue weighted by Gasteiger charge is 2.49. The molecule has 2 aliphatic carbocycles. The Bertz CT molecular complexity index is 269. The molecule has 0 heterocycles. The van der Waals surface area contributed by atoms with Gasteiger partial charge in [0.25, 0.3) is 0 Å². The summed E-state index contributed by atoms with van der Waals surface area (Å²) in [4.78, 5) is 0. The SMILES string of the molecule is CC(C)(C)O[C@H]1CCCC2C(O)CCC[C@@]21C. The van der Waals surface area contributed by atoms with Crippen LogP contribution in [0.5, 0.6) is 0 Å². The largest absolute Gasteiger partial charge is 0.393 e. The fourth-order valence-electron chi connectivity index (χ4n) is 3.91. The van der Waals surface area contributed by atoms with Crippen molar-refractivity contribution in [3.63, 3.8) is 0 Å². The van der Waals surface area contributed by atoms with E-state index in [1.807, 2.05) is 0 Å². The number of aliphatic hydroxyl groups is 1. The molecule has 0 aromatic rings. The van der Waals surface area contributed by atoms with Crippen molar-refractivity contribution in [3.05, 3.63) is 0 Å². The number of ether oxygens (including phenoxy) is 1. The van der Waals surface area contributed by atoms with E-state index >= 15 is 0 Å². The van der Waals surface area contributed by atoms with Crippen molar-refractivity contribution >= 4 is 0 Å². The van der Waals surface area contributed by atoms with Gasteiger partial charge in [-0.2, -0.15) is 0 Å². The average molecular weight is 240 g/mol. The summed E-state index contributed by atoms with van der Waals surface area (Å²) in [6, 6.07) is 0. The fraction of sp³-hybridized carbons (Fsp3) is 1.00. The smallest absolute Gasteiger partial charge is 0.0639 e. The summed E-state index contributed by atoms with van der Waals surface area (Å²) < 4.78 is 6.29. The number of aliphatic hydroxyl groups excluding tert-OH is 1. The van der Waals surface area contributed by atoms with Crippen LogP contribution in [-0.2, 0) is 4.74 Å². The molecule has 0 aromatic carbocycles. The van der Waals surface area contributed by atoms with Crippen molar-refractivity contribution in [3.8, 4) is 0 Å². The van der Waals surface area contributed by atoms with Crippen LogP contribution in [0, 0.1) is 11.3 Å². The molecule has 2 rings (SSSR count). The standard InChI is InChI=1S/C15H28O2/c1-14(2,3)17-13-9-5-7-11-12(16)8-6-10-15(11,13)4/h11-13,16H,5-10H2,1-4H3/t11?,12?,13-,15-/m0/s1. The van der Waals surface area contributed by atoms with E-state index in [0.29, 0.717) is 12.0 Å². The molecule has 2 nitrogen and oxygen atoms in total. The van der Waals surface area contributed by atoms with E-state index in [4.69, 9.17) is 4.74 Å². The topological polar surface area (TPSA) is 29.5 Å². The van der Waals surface area contributed by atoms with Crippen LogP contribution in [0.15, 0.2) is 0 Å². The van der Waals surface area contributed by atoms with Gasteiger partial charge in [0.05, 0.1) is 17.8 Å². The molecule has 4 atom stereocenters. The van der Waals surface area contributed by atoms with Crippen LogP contribution in [0.1, 0.15) is 66.2 Å². The summed E-state index contributed by atoms with van der Waals surface area (Å²) in [7, 11) is 0. The molecule has 0 radical (unpaired) electrons. The molecule has 2 saturated carbocycles. The van der Waals surface area contributed by atoms with Crippen LogP contribution < -0.4 is 0 Å². The quantitative estimate of drug-likeness (QED) is 0.760. The van der Waals surface area contributed by atoms with Crippen molar-refractivity contribution in [2.24, 2.45) is 11.3 Å².